The topological polar surface area (TPSA) is 9.23 Å². The fourth-order valence-electron chi connectivity index (χ4n) is 0.330. The lowest BCUT2D eigenvalue weighted by atomic mass is 10.1. The van der Waals surface area contributed by atoms with Crippen molar-refractivity contribution in [3.05, 3.63) is 0 Å². The Morgan fingerprint density at radius 3 is 2.12 bits per heavy atom. The Balaban J connectivity index is 3.37. The van der Waals surface area contributed by atoms with Gasteiger partial charge in [-0.2, -0.15) is 0 Å². The fraction of sp³-hybridized carbons (Fsp3) is 1.00. The summed E-state index contributed by atoms with van der Waals surface area (Å²) in [6, 6.07) is 0. The van der Waals surface area contributed by atoms with Crippen molar-refractivity contribution in [1.82, 2.24) is 0 Å². The van der Waals surface area contributed by atoms with Gasteiger partial charge in [-0.3, -0.25) is 0 Å². The highest BCUT2D eigenvalue weighted by Gasteiger charge is 2.13. The molecule has 0 N–H and O–H groups in total. The Morgan fingerprint density at radius 1 is 1.50 bits per heavy atom. The zero-order valence-electron chi connectivity index (χ0n) is 5.70. The summed E-state index contributed by atoms with van der Waals surface area (Å²) in [5.41, 5.74) is -0.0399. The Labute approximate surface area is 56.0 Å². The SMILES string of the molecule is COC(C)(C)CCCl. The van der Waals surface area contributed by atoms with Crippen molar-refractivity contribution in [2.75, 3.05) is 13.0 Å². The summed E-state index contributed by atoms with van der Waals surface area (Å²) in [7, 11) is 1.70. The Bertz CT molecular complexity index is 61.5. The monoisotopic (exact) mass is 136 g/mol. The molecule has 0 saturated heterocycles. The van der Waals surface area contributed by atoms with Crippen molar-refractivity contribution in [2.24, 2.45) is 0 Å². The third-order valence-electron chi connectivity index (χ3n) is 1.25. The fourth-order valence-corrected chi connectivity index (χ4v) is 0.785. The molecule has 0 radical (unpaired) electrons. The van der Waals surface area contributed by atoms with E-state index in [-0.39, 0.29) is 5.60 Å². The first-order chi connectivity index (χ1) is 3.62. The second kappa shape index (κ2) is 3.31. The van der Waals surface area contributed by atoms with Crippen LogP contribution in [-0.2, 0) is 4.74 Å². The molecule has 0 atom stereocenters. The molecule has 0 aliphatic carbocycles. The highest BCUT2D eigenvalue weighted by atomic mass is 35.5. The van der Waals surface area contributed by atoms with Crippen LogP contribution in [-0.4, -0.2) is 18.6 Å². The maximum absolute atomic E-state index is 5.48. The van der Waals surface area contributed by atoms with Crippen LogP contribution in [0.4, 0.5) is 0 Å². The van der Waals surface area contributed by atoms with Gasteiger partial charge in [0.2, 0.25) is 0 Å². The minimum absolute atomic E-state index is 0.0399. The molecule has 0 aromatic rings. The van der Waals surface area contributed by atoms with Crippen molar-refractivity contribution in [1.29, 1.82) is 0 Å². The van der Waals surface area contributed by atoms with Gasteiger partial charge in [-0.1, -0.05) is 0 Å². The zero-order chi connectivity index (χ0) is 6.62. The Hall–Kier alpha value is 0.250. The van der Waals surface area contributed by atoms with Gasteiger partial charge >= 0.3 is 0 Å². The molecule has 0 heterocycles. The van der Waals surface area contributed by atoms with Crippen molar-refractivity contribution in [3.63, 3.8) is 0 Å². The van der Waals surface area contributed by atoms with Crippen molar-refractivity contribution < 1.29 is 4.74 Å². The van der Waals surface area contributed by atoms with Crippen molar-refractivity contribution in [2.45, 2.75) is 25.9 Å². The average Bonchev–Trinajstić information content (AvgIpc) is 1.67. The normalized spacial score (nSPS) is 12.0. The van der Waals surface area contributed by atoms with Gasteiger partial charge in [0.25, 0.3) is 0 Å². The highest BCUT2D eigenvalue weighted by Crippen LogP contribution is 2.12. The predicted molar refractivity (Wildman–Crippen MR) is 36.4 cm³/mol. The maximum Gasteiger partial charge on any atom is 0.0634 e. The number of rotatable bonds is 3. The van der Waals surface area contributed by atoms with Gasteiger partial charge in [0, 0.05) is 13.0 Å². The molecule has 0 aliphatic heterocycles. The molecule has 0 rings (SSSR count). The summed E-state index contributed by atoms with van der Waals surface area (Å²) in [5, 5.41) is 0. The van der Waals surface area contributed by atoms with E-state index < -0.39 is 0 Å². The number of hydrogen-bond donors (Lipinski definition) is 0. The molecule has 0 saturated carbocycles. The minimum atomic E-state index is -0.0399. The summed E-state index contributed by atoms with van der Waals surface area (Å²) >= 11 is 5.48. The molecular weight excluding hydrogens is 124 g/mol. The average molecular weight is 137 g/mol. The number of halogens is 1. The molecule has 0 aromatic heterocycles. The second-order valence-electron chi connectivity index (χ2n) is 2.40. The van der Waals surface area contributed by atoms with Gasteiger partial charge in [0.15, 0.2) is 0 Å². The maximum atomic E-state index is 5.48. The van der Waals surface area contributed by atoms with Gasteiger partial charge in [-0.25, -0.2) is 0 Å². The molecule has 2 heteroatoms. The molecule has 8 heavy (non-hydrogen) atoms. The molecule has 0 bridgehead atoms. The third-order valence-corrected chi connectivity index (χ3v) is 1.44. The van der Waals surface area contributed by atoms with Crippen LogP contribution in [0.5, 0.6) is 0 Å². The van der Waals surface area contributed by atoms with E-state index in [4.69, 9.17) is 16.3 Å². The predicted octanol–water partition coefficient (Wildman–Crippen LogP) is 2.04. The molecule has 0 spiro atoms. The van der Waals surface area contributed by atoms with E-state index in [0.717, 1.165) is 6.42 Å². The van der Waals surface area contributed by atoms with Crippen LogP contribution in [0.15, 0.2) is 0 Å². The summed E-state index contributed by atoms with van der Waals surface area (Å²) in [5.74, 6) is 0.668. The van der Waals surface area contributed by atoms with E-state index in [9.17, 15) is 0 Å². The quantitative estimate of drug-likeness (QED) is 0.540. The molecule has 0 fully saturated rings. The van der Waals surface area contributed by atoms with Crippen LogP contribution in [0.2, 0.25) is 0 Å². The van der Waals surface area contributed by atoms with Gasteiger partial charge in [0.05, 0.1) is 5.60 Å². The van der Waals surface area contributed by atoms with Gasteiger partial charge in [-0.15, -0.1) is 11.6 Å². The van der Waals surface area contributed by atoms with Crippen LogP contribution in [0, 0.1) is 0 Å². The first-order valence-corrected chi connectivity index (χ1v) is 3.27. The zero-order valence-corrected chi connectivity index (χ0v) is 6.46. The molecular formula is C6H13ClO. The smallest absolute Gasteiger partial charge is 0.0634 e. The van der Waals surface area contributed by atoms with E-state index in [1.807, 2.05) is 13.8 Å². The van der Waals surface area contributed by atoms with E-state index in [2.05, 4.69) is 0 Å². The number of ether oxygens (including phenoxy) is 1. The lowest BCUT2D eigenvalue weighted by molar-refractivity contribution is 0.0204. The molecule has 0 unspecified atom stereocenters. The molecule has 50 valence electrons. The summed E-state index contributed by atoms with van der Waals surface area (Å²) in [6.07, 6.45) is 0.908. The summed E-state index contributed by atoms with van der Waals surface area (Å²) < 4.78 is 5.09. The van der Waals surface area contributed by atoms with Crippen LogP contribution < -0.4 is 0 Å². The summed E-state index contributed by atoms with van der Waals surface area (Å²) in [4.78, 5) is 0. The molecule has 0 aliphatic rings. The standard InChI is InChI=1S/C6H13ClO/c1-6(2,8-3)4-5-7/h4-5H2,1-3H3. The van der Waals surface area contributed by atoms with Crippen LogP contribution in [0.1, 0.15) is 20.3 Å². The van der Waals surface area contributed by atoms with Crippen LogP contribution in [0.25, 0.3) is 0 Å². The van der Waals surface area contributed by atoms with E-state index in [0.29, 0.717) is 5.88 Å². The van der Waals surface area contributed by atoms with Crippen molar-refractivity contribution >= 4 is 11.6 Å². The Morgan fingerprint density at radius 2 is 2.00 bits per heavy atom. The van der Waals surface area contributed by atoms with Gasteiger partial charge < -0.3 is 4.74 Å². The number of alkyl halides is 1. The highest BCUT2D eigenvalue weighted by molar-refractivity contribution is 6.17. The van der Waals surface area contributed by atoms with E-state index in [1.165, 1.54) is 0 Å². The van der Waals surface area contributed by atoms with E-state index in [1.54, 1.807) is 7.11 Å². The largest absolute Gasteiger partial charge is 0.379 e. The lowest BCUT2D eigenvalue weighted by Gasteiger charge is -2.20. The number of hydrogen-bond acceptors (Lipinski definition) is 1. The van der Waals surface area contributed by atoms with Crippen LogP contribution in [0.3, 0.4) is 0 Å². The summed E-state index contributed by atoms with van der Waals surface area (Å²) in [6.45, 7) is 4.05. The van der Waals surface area contributed by atoms with Crippen LogP contribution >= 0.6 is 11.6 Å². The molecule has 0 amide bonds. The second-order valence-corrected chi connectivity index (χ2v) is 2.78. The van der Waals surface area contributed by atoms with Gasteiger partial charge in [0.1, 0.15) is 0 Å². The molecule has 0 aromatic carbocycles. The first kappa shape index (κ1) is 8.25. The van der Waals surface area contributed by atoms with E-state index >= 15 is 0 Å². The minimum Gasteiger partial charge on any atom is -0.379 e. The molecule has 1 nitrogen and oxygen atoms in total. The third kappa shape index (κ3) is 3.28. The first-order valence-electron chi connectivity index (χ1n) is 2.73. The Kier molecular flexibility index (Phi) is 3.41. The van der Waals surface area contributed by atoms with Gasteiger partial charge in [-0.05, 0) is 20.3 Å². The lowest BCUT2D eigenvalue weighted by Crippen LogP contribution is -2.22. The van der Waals surface area contributed by atoms with Crippen molar-refractivity contribution in [3.8, 4) is 0 Å². The number of methoxy groups -OCH3 is 1.